The molecule has 0 bridgehead atoms. The average Bonchev–Trinajstić information content (AvgIpc) is 2.30. The second-order valence-electron chi connectivity index (χ2n) is 3.31. The van der Waals surface area contributed by atoms with Crippen molar-refractivity contribution in [3.8, 4) is 0 Å². The van der Waals surface area contributed by atoms with Crippen LogP contribution in [-0.4, -0.2) is 25.4 Å². The molecule has 1 rings (SSSR count). The van der Waals surface area contributed by atoms with Crippen molar-refractivity contribution in [3.63, 3.8) is 0 Å². The highest BCUT2D eigenvalue weighted by Crippen LogP contribution is 2.10. The Bertz CT molecular complexity index is 406. The molecule has 0 aliphatic rings. The summed E-state index contributed by atoms with van der Waals surface area (Å²) >= 11 is 0. The number of methoxy groups -OCH3 is 1. The molecule has 0 heterocycles. The van der Waals surface area contributed by atoms with Gasteiger partial charge in [-0.25, -0.2) is 4.39 Å². The van der Waals surface area contributed by atoms with Crippen LogP contribution in [0.1, 0.15) is 15.9 Å². The molecule has 86 valence electrons. The van der Waals surface area contributed by atoms with Crippen LogP contribution in [0.4, 0.5) is 4.39 Å². The molecule has 0 fully saturated rings. The summed E-state index contributed by atoms with van der Waals surface area (Å²) in [6.45, 7) is 0. The number of esters is 1. The van der Waals surface area contributed by atoms with E-state index >= 15 is 0 Å². The van der Waals surface area contributed by atoms with Gasteiger partial charge in [0.15, 0.2) is 6.29 Å². The molecule has 0 aliphatic heterocycles. The van der Waals surface area contributed by atoms with E-state index in [1.807, 2.05) is 0 Å². The number of hydrogen-bond donors (Lipinski definition) is 1. The lowest BCUT2D eigenvalue weighted by molar-refractivity contribution is -0.142. The maximum absolute atomic E-state index is 13.0. The zero-order valence-electron chi connectivity index (χ0n) is 8.77. The molecule has 16 heavy (non-hydrogen) atoms. The van der Waals surface area contributed by atoms with Gasteiger partial charge in [-0.2, -0.15) is 0 Å². The van der Waals surface area contributed by atoms with Crippen molar-refractivity contribution in [1.82, 2.24) is 0 Å². The van der Waals surface area contributed by atoms with Crippen LogP contribution in [0.3, 0.4) is 0 Å². The Morgan fingerprint density at radius 3 is 2.88 bits per heavy atom. The number of hydrogen-bond acceptors (Lipinski definition) is 4. The number of aldehydes is 1. The standard InChI is InChI=1S/C11H12FNO3/c1-16-11(15)10(13)5-7-2-3-9(12)8(4-7)6-14/h2-4,6,10H,5,13H2,1H3/t10-/m1/s1. The molecule has 0 radical (unpaired) electrons. The Morgan fingerprint density at radius 1 is 1.62 bits per heavy atom. The minimum atomic E-state index is -0.810. The first-order valence-corrected chi connectivity index (χ1v) is 4.65. The monoisotopic (exact) mass is 225 g/mol. The summed E-state index contributed by atoms with van der Waals surface area (Å²) in [4.78, 5) is 21.5. The van der Waals surface area contributed by atoms with Crippen molar-refractivity contribution >= 4 is 12.3 Å². The number of carbonyl (C=O) groups excluding carboxylic acids is 2. The highest BCUT2D eigenvalue weighted by molar-refractivity contribution is 5.77. The van der Waals surface area contributed by atoms with Crippen molar-refractivity contribution in [3.05, 3.63) is 35.1 Å². The fourth-order valence-electron chi connectivity index (χ4n) is 1.30. The lowest BCUT2D eigenvalue weighted by Gasteiger charge is -2.09. The topological polar surface area (TPSA) is 69.4 Å². The number of ether oxygens (including phenoxy) is 1. The maximum atomic E-state index is 13.0. The number of nitrogens with two attached hydrogens (primary N) is 1. The smallest absolute Gasteiger partial charge is 0.322 e. The first-order valence-electron chi connectivity index (χ1n) is 4.65. The van der Waals surface area contributed by atoms with Crippen molar-refractivity contribution in [2.24, 2.45) is 5.73 Å². The van der Waals surface area contributed by atoms with Crippen LogP contribution in [-0.2, 0) is 16.0 Å². The Labute approximate surface area is 92.2 Å². The number of rotatable bonds is 4. The van der Waals surface area contributed by atoms with E-state index in [4.69, 9.17) is 5.73 Å². The molecule has 1 atom stereocenters. The molecule has 4 nitrogen and oxygen atoms in total. The molecule has 1 aromatic rings. The van der Waals surface area contributed by atoms with Gasteiger partial charge in [-0.05, 0) is 24.1 Å². The van der Waals surface area contributed by atoms with Crippen molar-refractivity contribution in [2.45, 2.75) is 12.5 Å². The van der Waals surface area contributed by atoms with E-state index < -0.39 is 17.8 Å². The summed E-state index contributed by atoms with van der Waals surface area (Å²) in [5.74, 6) is -1.14. The van der Waals surface area contributed by atoms with E-state index in [0.717, 1.165) is 0 Å². The van der Waals surface area contributed by atoms with Crippen LogP contribution < -0.4 is 5.73 Å². The molecular formula is C11H12FNO3. The molecule has 0 aliphatic carbocycles. The molecule has 0 spiro atoms. The summed E-state index contributed by atoms with van der Waals surface area (Å²) < 4.78 is 17.4. The molecule has 5 heteroatoms. The van der Waals surface area contributed by atoms with Crippen LogP contribution in [0.2, 0.25) is 0 Å². The number of halogens is 1. The van der Waals surface area contributed by atoms with Crippen LogP contribution in [0.15, 0.2) is 18.2 Å². The van der Waals surface area contributed by atoms with Gasteiger partial charge in [0.1, 0.15) is 11.9 Å². The van der Waals surface area contributed by atoms with Gasteiger partial charge in [-0.1, -0.05) is 6.07 Å². The predicted molar refractivity (Wildman–Crippen MR) is 55.5 cm³/mol. The lowest BCUT2D eigenvalue weighted by Crippen LogP contribution is -2.33. The fraction of sp³-hybridized carbons (Fsp3) is 0.273. The van der Waals surface area contributed by atoms with E-state index in [-0.39, 0.29) is 12.0 Å². The molecule has 2 N–H and O–H groups in total. The molecular weight excluding hydrogens is 213 g/mol. The van der Waals surface area contributed by atoms with Crippen LogP contribution in [0.5, 0.6) is 0 Å². The highest BCUT2D eigenvalue weighted by Gasteiger charge is 2.14. The van der Waals surface area contributed by atoms with Crippen LogP contribution >= 0.6 is 0 Å². The Hall–Kier alpha value is -1.75. The van der Waals surface area contributed by atoms with Gasteiger partial charge < -0.3 is 10.5 Å². The van der Waals surface area contributed by atoms with Gasteiger partial charge in [0.2, 0.25) is 0 Å². The minimum absolute atomic E-state index is 0.0467. The first kappa shape index (κ1) is 12.3. The third-order valence-electron chi connectivity index (χ3n) is 2.15. The summed E-state index contributed by atoms with van der Waals surface area (Å²) in [6.07, 6.45) is 0.621. The quantitative estimate of drug-likeness (QED) is 0.604. The fourth-order valence-corrected chi connectivity index (χ4v) is 1.30. The number of benzene rings is 1. The summed E-state index contributed by atoms with van der Waals surface area (Å²) in [6, 6.07) is 3.20. The normalized spacial score (nSPS) is 11.9. The molecule has 1 aromatic carbocycles. The van der Waals surface area contributed by atoms with Crippen molar-refractivity contribution < 1.29 is 18.7 Å². The van der Waals surface area contributed by atoms with Gasteiger partial charge >= 0.3 is 5.97 Å². The van der Waals surface area contributed by atoms with E-state index in [1.165, 1.54) is 25.3 Å². The molecule has 0 aromatic heterocycles. The van der Waals surface area contributed by atoms with E-state index in [1.54, 1.807) is 0 Å². The summed E-state index contributed by atoms with van der Waals surface area (Å²) in [5.41, 5.74) is 6.10. The zero-order chi connectivity index (χ0) is 12.1. The molecule has 0 amide bonds. The van der Waals surface area contributed by atoms with Crippen molar-refractivity contribution in [1.29, 1.82) is 0 Å². The zero-order valence-corrected chi connectivity index (χ0v) is 8.77. The molecule has 0 saturated carbocycles. The Balaban J connectivity index is 2.82. The van der Waals surface area contributed by atoms with Crippen LogP contribution in [0.25, 0.3) is 0 Å². The van der Waals surface area contributed by atoms with Gasteiger partial charge in [0, 0.05) is 0 Å². The highest BCUT2D eigenvalue weighted by atomic mass is 19.1. The second-order valence-corrected chi connectivity index (χ2v) is 3.31. The van der Waals surface area contributed by atoms with Gasteiger partial charge in [0.05, 0.1) is 12.7 Å². The molecule has 0 unspecified atom stereocenters. The van der Waals surface area contributed by atoms with E-state index in [0.29, 0.717) is 11.8 Å². The van der Waals surface area contributed by atoms with Gasteiger partial charge in [-0.3, -0.25) is 9.59 Å². The predicted octanol–water partition coefficient (Wildman–Crippen LogP) is 0.681. The SMILES string of the molecule is COC(=O)[C@H](N)Cc1ccc(F)c(C=O)c1. The first-order chi connectivity index (χ1) is 7.58. The molecule has 0 saturated heterocycles. The van der Waals surface area contributed by atoms with Gasteiger partial charge in [0.25, 0.3) is 0 Å². The average molecular weight is 225 g/mol. The summed E-state index contributed by atoms with van der Waals surface area (Å²) in [5, 5.41) is 0. The lowest BCUT2D eigenvalue weighted by atomic mass is 10.0. The van der Waals surface area contributed by atoms with Gasteiger partial charge in [-0.15, -0.1) is 0 Å². The maximum Gasteiger partial charge on any atom is 0.322 e. The summed E-state index contributed by atoms with van der Waals surface area (Å²) in [7, 11) is 1.24. The van der Waals surface area contributed by atoms with E-state index in [2.05, 4.69) is 4.74 Å². The van der Waals surface area contributed by atoms with E-state index in [9.17, 15) is 14.0 Å². The number of carbonyl (C=O) groups is 2. The third kappa shape index (κ3) is 2.87. The Kier molecular flexibility index (Phi) is 4.13. The largest absolute Gasteiger partial charge is 0.468 e. The minimum Gasteiger partial charge on any atom is -0.468 e. The third-order valence-corrected chi connectivity index (χ3v) is 2.15. The Morgan fingerprint density at radius 2 is 2.31 bits per heavy atom. The van der Waals surface area contributed by atoms with Crippen LogP contribution in [0, 0.1) is 5.82 Å². The van der Waals surface area contributed by atoms with Crippen molar-refractivity contribution in [2.75, 3.05) is 7.11 Å². The second kappa shape index (κ2) is 5.37.